The smallest absolute Gasteiger partial charge is 0.133 e. The molecule has 448 valence electrons. The summed E-state index contributed by atoms with van der Waals surface area (Å²) in [5.41, 5.74) is 1.14. The maximum atomic E-state index is 12.2. The summed E-state index contributed by atoms with van der Waals surface area (Å²) < 4.78 is 16.0. The van der Waals surface area contributed by atoms with E-state index in [1.54, 1.807) is 26.9 Å². The molecule has 12 saturated carbocycles. The van der Waals surface area contributed by atoms with Crippen LogP contribution in [0.15, 0.2) is 11.6 Å². The quantitative estimate of drug-likeness (QED) is 0.140. The van der Waals surface area contributed by atoms with Crippen molar-refractivity contribution in [3.8, 4) is 0 Å². The van der Waals surface area contributed by atoms with Gasteiger partial charge in [-0.25, -0.2) is 0 Å². The minimum absolute atomic E-state index is 0. The first-order chi connectivity index (χ1) is 35.2. The van der Waals surface area contributed by atoms with E-state index in [-0.39, 0.29) is 33.8 Å². The zero-order chi connectivity index (χ0) is 53.2. The number of carbonyl (C=O) groups excluding carboxylic acids is 1. The van der Waals surface area contributed by atoms with Gasteiger partial charge in [-0.3, -0.25) is 4.79 Å². The lowest BCUT2D eigenvalue weighted by atomic mass is 9.51. The molecule has 0 amide bonds. The minimum atomic E-state index is -0.586. The van der Waals surface area contributed by atoms with Crippen molar-refractivity contribution in [1.29, 1.82) is 0 Å². The van der Waals surface area contributed by atoms with Gasteiger partial charge in [0.05, 0.1) is 42.7 Å². The van der Waals surface area contributed by atoms with Gasteiger partial charge in [0.15, 0.2) is 0 Å². The van der Waals surface area contributed by atoms with Crippen molar-refractivity contribution >= 4 is 14.4 Å². The number of rotatable bonds is 8. The number of ether oxygens (including phenoxy) is 3. The van der Waals surface area contributed by atoms with Gasteiger partial charge in [-0.2, -0.15) is 0 Å². The number of aliphatic hydroxyl groups excluding tert-OH is 1. The van der Waals surface area contributed by atoms with Crippen LogP contribution < -0.4 is 0 Å². The summed E-state index contributed by atoms with van der Waals surface area (Å²) in [6, 6.07) is 0. The van der Waals surface area contributed by atoms with E-state index in [0.717, 1.165) is 119 Å². The van der Waals surface area contributed by atoms with Gasteiger partial charge in [-0.1, -0.05) is 54.7 Å². The number of Topliss-reactive ketones (excluding diaryl/α,β-unsaturated/α-hetero) is 1. The van der Waals surface area contributed by atoms with Gasteiger partial charge in [0.25, 0.3) is 0 Å². The third kappa shape index (κ3) is 12.1. The van der Waals surface area contributed by atoms with Gasteiger partial charge >= 0.3 is 0 Å². The molecule has 0 aliphatic heterocycles. The lowest BCUT2D eigenvalue weighted by Crippen LogP contribution is -2.47. The molecule has 24 atom stereocenters. The first-order valence-electron chi connectivity index (χ1n) is 31.2. The average Bonchev–Trinajstić information content (AvgIpc) is 4.19. The Balaban J connectivity index is 0.000000179. The Hall–Kier alpha value is -0.440. The van der Waals surface area contributed by atoms with E-state index in [2.05, 4.69) is 47.1 Å². The Bertz CT molecular complexity index is 1940. The van der Waals surface area contributed by atoms with Gasteiger partial charge in [0.1, 0.15) is 5.78 Å². The Morgan fingerprint density at radius 1 is 0.545 bits per heavy atom. The third-order valence-corrected chi connectivity index (χ3v) is 25.9. The van der Waals surface area contributed by atoms with Gasteiger partial charge in [-0.05, 0) is 299 Å². The lowest BCUT2D eigenvalue weighted by molar-refractivity contribution is -0.127. The molecule has 12 rings (SSSR count). The van der Waals surface area contributed by atoms with E-state index in [4.69, 9.17) is 14.2 Å². The highest BCUT2D eigenvalue weighted by atomic mass is 31.1. The number of fused-ring (bicyclic) bond motifs is 15. The molecule has 77 heavy (non-hydrogen) atoms. The summed E-state index contributed by atoms with van der Waals surface area (Å²) in [6.45, 7) is 19.3. The van der Waals surface area contributed by atoms with Crippen molar-refractivity contribution < 1.29 is 39.4 Å². The van der Waals surface area contributed by atoms with Crippen LogP contribution in [0.2, 0.25) is 0 Å². The number of methoxy groups -OCH3 is 3. The summed E-state index contributed by atoms with van der Waals surface area (Å²) >= 11 is 0. The van der Waals surface area contributed by atoms with Crippen molar-refractivity contribution in [2.45, 2.75) is 241 Å². The van der Waals surface area contributed by atoms with Crippen LogP contribution in [-0.2, 0) is 19.0 Å². The maximum absolute atomic E-state index is 12.2. The van der Waals surface area contributed by atoms with Gasteiger partial charge in [0, 0.05) is 27.2 Å². The largest absolute Gasteiger partial charge is 0.393 e. The van der Waals surface area contributed by atoms with Crippen LogP contribution in [0.1, 0.15) is 218 Å². The molecule has 0 saturated heterocycles. The molecule has 12 fully saturated rings. The van der Waals surface area contributed by atoms with Crippen LogP contribution in [0.5, 0.6) is 0 Å². The Morgan fingerprint density at radius 2 is 0.935 bits per heavy atom. The van der Waals surface area contributed by atoms with Gasteiger partial charge in [0.2, 0.25) is 0 Å². The highest BCUT2D eigenvalue weighted by molar-refractivity contribution is 7.35. The summed E-state index contributed by atoms with van der Waals surface area (Å²) in [5, 5.41) is 43.0. The second-order valence-electron chi connectivity index (χ2n) is 29.6. The van der Waals surface area contributed by atoms with E-state index in [1.807, 2.05) is 13.8 Å². The number of ketones is 1. The summed E-state index contributed by atoms with van der Waals surface area (Å²) in [4.78, 5) is 12.2. The van der Waals surface area contributed by atoms with Gasteiger partial charge in [-0.15, -0.1) is 8.58 Å². The molecule has 0 aromatic carbocycles. The van der Waals surface area contributed by atoms with E-state index in [1.165, 1.54) is 109 Å². The Kier molecular flexibility index (Phi) is 22.0. The molecular formula is C68H123O8P. The highest BCUT2D eigenvalue weighted by Gasteiger charge is 2.63. The van der Waals surface area contributed by atoms with Crippen molar-refractivity contribution in [1.82, 2.24) is 0 Å². The zero-order valence-electron chi connectivity index (χ0n) is 49.0. The minimum Gasteiger partial charge on any atom is -0.393 e. The monoisotopic (exact) mass is 1100 g/mol. The molecule has 0 spiro atoms. The molecule has 0 heterocycles. The normalized spacial score (nSPS) is 50.1. The summed E-state index contributed by atoms with van der Waals surface area (Å²) in [7, 11) is 6.23. The molecule has 0 radical (unpaired) electrons. The zero-order valence-corrected chi connectivity index (χ0v) is 50.0. The number of hydrogen-bond donors (Lipinski definition) is 4. The van der Waals surface area contributed by atoms with Crippen LogP contribution in [0.4, 0.5) is 0 Å². The Labute approximate surface area is 475 Å². The highest BCUT2D eigenvalue weighted by Crippen LogP contribution is 2.69. The van der Waals surface area contributed by atoms with E-state index in [0.29, 0.717) is 71.9 Å². The number of aliphatic hydroxyl groups is 4. The molecule has 4 N–H and O–H groups in total. The predicted molar refractivity (Wildman–Crippen MR) is 321 cm³/mol. The lowest BCUT2D eigenvalue weighted by Gasteiger charge is -2.54. The maximum Gasteiger partial charge on any atom is 0.133 e. The topological polar surface area (TPSA) is 126 Å². The van der Waals surface area contributed by atoms with Crippen LogP contribution in [0.25, 0.3) is 0 Å². The second-order valence-corrected chi connectivity index (χ2v) is 30.6. The van der Waals surface area contributed by atoms with Crippen LogP contribution in [-0.4, -0.2) is 104 Å². The predicted octanol–water partition coefficient (Wildman–Crippen LogP) is 14.9. The van der Waals surface area contributed by atoms with E-state index >= 15 is 0 Å². The fourth-order valence-corrected chi connectivity index (χ4v) is 23.4. The molecule has 0 aromatic rings. The van der Waals surface area contributed by atoms with Crippen LogP contribution >= 0.6 is 8.58 Å². The van der Waals surface area contributed by atoms with Crippen molar-refractivity contribution in [2.24, 2.45) is 117 Å². The third-order valence-electron chi connectivity index (χ3n) is 25.9. The average molecular weight is 1100 g/mol. The SMILES string of the molecule is C.C.C.C/C=C1/CC[C@H]2[C@@H]3CC[C@@H]4C[C@@](O)(COC)C[C@@H]4[C@H]3CC[C@]12C.COC[C@]1(O)C[C@H]2CC[C@@H]3[C@H](CC[C@]4(C)[C@@H](C(C)=O)CC[C@@H]34)[C@H]2C1.COC[C@]1(O)C[C@H]2CC[C@@H]3[C@H](CC[C@]4(C)[C@@H]([C@H](C)O)CC[C@@H]34)[C@H]2C1.CPC. The molecule has 0 bridgehead atoms. The van der Waals surface area contributed by atoms with Crippen molar-refractivity contribution in [2.75, 3.05) is 54.5 Å². The van der Waals surface area contributed by atoms with Crippen molar-refractivity contribution in [3.05, 3.63) is 11.6 Å². The molecule has 12 aliphatic carbocycles. The fraction of sp³-hybridized carbons (Fsp3) is 0.956. The first kappa shape index (κ1) is 65.7. The van der Waals surface area contributed by atoms with E-state index in [9.17, 15) is 25.2 Å². The van der Waals surface area contributed by atoms with E-state index < -0.39 is 16.8 Å². The molecule has 0 unspecified atom stereocenters. The Morgan fingerprint density at radius 3 is 1.34 bits per heavy atom. The standard InChI is InChI=1S/C21H36O3.C21H34O3.C21H34O2.C2H7P.3CH4/c2*1-13(22)18-6-7-19-16-5-4-14-10-21(23,12-24-3)11-17(14)15(16)8-9-20(18,19)2;1-4-15-6-8-19-17-7-5-14-11-21(22,13-23-3)12-18(14)16(17)9-10-20(15,19)2;1-3-2;;;/h13-19,22-23H,4-12H2,1-3H3;14-19,23H,4-12H2,1-3H3;4,14,16-19,22H,5-13H2,1-3H3;3H,1-2H3;3*1H4/b;;15-4-;;;;/t13-,14+,15-,16+,17-,18+,19-,20+,21-;14-,15+,16-,17+,18-,19+,20-,21+;14-,16+,17-,18+,19+,20-,21+;;;;/m011..../s1. The van der Waals surface area contributed by atoms with Gasteiger partial charge < -0.3 is 34.6 Å². The number of allylic oxidation sites excluding steroid dienone is 2. The van der Waals surface area contributed by atoms with Crippen LogP contribution in [0.3, 0.4) is 0 Å². The van der Waals surface area contributed by atoms with Crippen molar-refractivity contribution in [3.63, 3.8) is 0 Å². The second kappa shape index (κ2) is 25.8. The summed E-state index contributed by atoms with van der Waals surface area (Å²) in [5.74, 6) is 13.0. The number of hydrogen-bond acceptors (Lipinski definition) is 8. The molecule has 12 aliphatic rings. The molecule has 9 heteroatoms. The van der Waals surface area contributed by atoms with Crippen LogP contribution in [0, 0.1) is 117 Å². The molecular weight excluding hydrogens is 976 g/mol. The fourth-order valence-electron chi connectivity index (χ4n) is 23.4. The number of carbonyl (C=O) groups is 1. The first-order valence-corrected chi connectivity index (χ1v) is 33.2. The molecule has 0 aromatic heterocycles. The molecule has 8 nitrogen and oxygen atoms in total. The summed E-state index contributed by atoms with van der Waals surface area (Å²) in [6.07, 6.45) is 31.5.